The first-order chi connectivity index (χ1) is 14.1. The van der Waals surface area contributed by atoms with Crippen molar-refractivity contribution < 1.29 is 23.3 Å². The summed E-state index contributed by atoms with van der Waals surface area (Å²) in [5.41, 5.74) is 1.00. The molecule has 4 rings (SSSR count). The zero-order valence-electron chi connectivity index (χ0n) is 16.2. The first-order valence-electron chi connectivity index (χ1n) is 10.1. The van der Waals surface area contributed by atoms with E-state index in [4.69, 9.17) is 4.42 Å². The van der Waals surface area contributed by atoms with Gasteiger partial charge in [0.05, 0.1) is 39.0 Å². The van der Waals surface area contributed by atoms with Gasteiger partial charge in [-0.1, -0.05) is 0 Å². The van der Waals surface area contributed by atoms with Crippen LogP contribution in [0.3, 0.4) is 0 Å². The van der Waals surface area contributed by atoms with Crippen molar-refractivity contribution in [2.45, 2.75) is 24.9 Å². The van der Waals surface area contributed by atoms with E-state index in [0.717, 1.165) is 50.5 Å². The van der Waals surface area contributed by atoms with E-state index in [1.165, 1.54) is 17.0 Å². The van der Waals surface area contributed by atoms with Gasteiger partial charge in [0.25, 0.3) is 0 Å². The molecule has 1 saturated carbocycles. The van der Waals surface area contributed by atoms with E-state index in [0.29, 0.717) is 6.54 Å². The maximum absolute atomic E-state index is 13.2. The molecule has 1 aliphatic heterocycles. The third-order valence-electron chi connectivity index (χ3n) is 5.56. The summed E-state index contributed by atoms with van der Waals surface area (Å²) in [7, 11) is 0. The van der Waals surface area contributed by atoms with Gasteiger partial charge in [-0.2, -0.15) is 0 Å². The molecule has 1 aromatic carbocycles. The van der Waals surface area contributed by atoms with Gasteiger partial charge in [0, 0.05) is 11.7 Å². The first-order valence-corrected chi connectivity index (χ1v) is 10.1. The number of rotatable bonds is 6. The van der Waals surface area contributed by atoms with Crippen molar-refractivity contribution in [1.82, 2.24) is 10.6 Å². The average Bonchev–Trinajstić information content (AvgIpc) is 3.39. The number of piperazine rings is 1. The molecule has 7 nitrogen and oxygen atoms in total. The Balaban J connectivity index is 1.35. The zero-order valence-corrected chi connectivity index (χ0v) is 16.2. The molecule has 3 N–H and O–H groups in total. The van der Waals surface area contributed by atoms with Gasteiger partial charge in [-0.3, -0.25) is 9.59 Å². The molecule has 0 radical (unpaired) electrons. The number of carbonyl (C=O) groups excluding carboxylic acids is 2. The molecule has 0 spiro atoms. The minimum Gasteiger partial charge on any atom is -0.463 e. The second-order valence-electron chi connectivity index (χ2n) is 7.65. The lowest BCUT2D eigenvalue weighted by Crippen LogP contribution is -3.15. The van der Waals surface area contributed by atoms with Gasteiger partial charge in [0.15, 0.2) is 11.8 Å². The molecule has 0 unspecified atom stereocenters. The standard InChI is InChI=1S/C21H25FN4O3/c22-15-3-7-17(8-4-15)25-9-11-26(12-10-25)18(19-2-1-13-29-19)14-23-20(27)21(28)24-16-5-6-16/h1-4,7-8,13,16,18H,5-6,9-12,14H2,(H,23,27)(H,24,28)/p+1/t18-/m1/s1. The maximum Gasteiger partial charge on any atom is 0.309 e. The molecule has 1 aromatic heterocycles. The Hall–Kier alpha value is -2.87. The lowest BCUT2D eigenvalue weighted by atomic mass is 10.1. The lowest BCUT2D eigenvalue weighted by molar-refractivity contribution is -0.932. The number of halogens is 1. The highest BCUT2D eigenvalue weighted by molar-refractivity contribution is 6.35. The Morgan fingerprint density at radius 3 is 2.48 bits per heavy atom. The number of nitrogens with one attached hydrogen (secondary N) is 3. The summed E-state index contributed by atoms with van der Waals surface area (Å²) in [6, 6.07) is 10.4. The van der Waals surface area contributed by atoms with E-state index >= 15 is 0 Å². The summed E-state index contributed by atoms with van der Waals surface area (Å²) in [6.45, 7) is 3.64. The maximum atomic E-state index is 13.2. The monoisotopic (exact) mass is 401 g/mol. The van der Waals surface area contributed by atoms with E-state index in [1.807, 2.05) is 12.1 Å². The molecule has 2 aliphatic rings. The van der Waals surface area contributed by atoms with Crippen LogP contribution in [0.15, 0.2) is 47.1 Å². The summed E-state index contributed by atoms with van der Waals surface area (Å²) in [5, 5.41) is 5.47. The molecule has 2 heterocycles. The number of anilines is 1. The van der Waals surface area contributed by atoms with Gasteiger partial charge in [-0.25, -0.2) is 4.39 Å². The average molecular weight is 401 g/mol. The van der Waals surface area contributed by atoms with Crippen LogP contribution in [0.1, 0.15) is 24.6 Å². The third kappa shape index (κ3) is 4.95. The van der Waals surface area contributed by atoms with Gasteiger partial charge >= 0.3 is 11.8 Å². The van der Waals surface area contributed by atoms with Gasteiger partial charge < -0.3 is 24.9 Å². The van der Waals surface area contributed by atoms with Gasteiger partial charge in [-0.05, 0) is 49.2 Å². The molecule has 0 bridgehead atoms. The van der Waals surface area contributed by atoms with Crippen LogP contribution >= 0.6 is 0 Å². The molecule has 2 fully saturated rings. The van der Waals surface area contributed by atoms with Crippen molar-refractivity contribution in [3.63, 3.8) is 0 Å². The molecule has 1 aliphatic carbocycles. The summed E-state index contributed by atoms with van der Waals surface area (Å²) >= 11 is 0. The first kappa shape index (κ1) is 19.4. The van der Waals surface area contributed by atoms with Crippen molar-refractivity contribution >= 4 is 17.5 Å². The minimum absolute atomic E-state index is 0.0713. The number of nitrogens with zero attached hydrogens (tertiary/aromatic N) is 1. The normalized spacial score (nSPS) is 18.3. The van der Waals surface area contributed by atoms with Crippen LogP contribution in [0.5, 0.6) is 0 Å². The molecule has 2 aromatic rings. The highest BCUT2D eigenvalue weighted by Crippen LogP contribution is 2.18. The number of quaternary nitrogens is 1. The smallest absolute Gasteiger partial charge is 0.309 e. The molecule has 2 amide bonds. The summed E-state index contributed by atoms with van der Waals surface area (Å²) in [5.74, 6) is -0.616. The Morgan fingerprint density at radius 1 is 1.14 bits per heavy atom. The predicted molar refractivity (Wildman–Crippen MR) is 105 cm³/mol. The highest BCUT2D eigenvalue weighted by atomic mass is 19.1. The van der Waals surface area contributed by atoms with Crippen molar-refractivity contribution in [1.29, 1.82) is 0 Å². The minimum atomic E-state index is -0.599. The number of hydrogen-bond donors (Lipinski definition) is 3. The summed E-state index contributed by atoms with van der Waals surface area (Å²) < 4.78 is 18.8. The molecule has 1 saturated heterocycles. The SMILES string of the molecule is O=C(NC[C@H](c1ccco1)[NH+]1CCN(c2ccc(F)cc2)CC1)C(=O)NC1CC1. The van der Waals surface area contributed by atoms with Crippen molar-refractivity contribution in [2.75, 3.05) is 37.6 Å². The summed E-state index contributed by atoms with van der Waals surface area (Å²) in [4.78, 5) is 27.5. The molecule has 29 heavy (non-hydrogen) atoms. The van der Waals surface area contributed by atoms with Crippen LogP contribution in [0.4, 0.5) is 10.1 Å². The Kier molecular flexibility index (Phi) is 5.80. The van der Waals surface area contributed by atoms with Crippen molar-refractivity contribution in [3.8, 4) is 0 Å². The largest absolute Gasteiger partial charge is 0.463 e. The van der Waals surface area contributed by atoms with Crippen molar-refractivity contribution in [3.05, 3.63) is 54.2 Å². The van der Waals surface area contributed by atoms with Crippen LogP contribution in [0, 0.1) is 5.82 Å². The molecular formula is C21H26FN4O3+. The second-order valence-corrected chi connectivity index (χ2v) is 7.65. The number of furan rings is 1. The number of amides is 2. The third-order valence-corrected chi connectivity index (χ3v) is 5.56. The van der Waals surface area contributed by atoms with E-state index < -0.39 is 11.8 Å². The molecular weight excluding hydrogens is 375 g/mol. The summed E-state index contributed by atoms with van der Waals surface area (Å²) in [6.07, 6.45) is 3.51. The Labute approximate surface area is 168 Å². The Morgan fingerprint density at radius 2 is 1.86 bits per heavy atom. The fourth-order valence-electron chi connectivity index (χ4n) is 3.74. The van der Waals surface area contributed by atoms with E-state index in [-0.39, 0.29) is 17.9 Å². The van der Waals surface area contributed by atoms with Crippen LogP contribution in [-0.2, 0) is 9.59 Å². The van der Waals surface area contributed by atoms with Gasteiger partial charge in [0.2, 0.25) is 0 Å². The number of benzene rings is 1. The zero-order chi connectivity index (χ0) is 20.2. The fraction of sp³-hybridized carbons (Fsp3) is 0.429. The molecule has 154 valence electrons. The second kappa shape index (κ2) is 8.65. The number of hydrogen-bond acceptors (Lipinski definition) is 4. The van der Waals surface area contributed by atoms with Crippen LogP contribution in [0.2, 0.25) is 0 Å². The molecule has 1 atom stereocenters. The topological polar surface area (TPSA) is 79.0 Å². The van der Waals surface area contributed by atoms with Crippen LogP contribution < -0.4 is 20.4 Å². The lowest BCUT2D eigenvalue weighted by Gasteiger charge is -2.37. The van der Waals surface area contributed by atoms with Gasteiger partial charge in [-0.15, -0.1) is 0 Å². The van der Waals surface area contributed by atoms with E-state index in [2.05, 4.69) is 15.5 Å². The highest BCUT2D eigenvalue weighted by Gasteiger charge is 2.32. The van der Waals surface area contributed by atoms with E-state index in [1.54, 1.807) is 18.4 Å². The van der Waals surface area contributed by atoms with Crippen LogP contribution in [-0.4, -0.2) is 50.6 Å². The predicted octanol–water partition coefficient (Wildman–Crippen LogP) is 0.260. The van der Waals surface area contributed by atoms with E-state index in [9.17, 15) is 14.0 Å². The quantitative estimate of drug-likeness (QED) is 0.607. The van der Waals surface area contributed by atoms with Crippen molar-refractivity contribution in [2.24, 2.45) is 0 Å². The number of carbonyl (C=O) groups is 2. The van der Waals surface area contributed by atoms with Crippen LogP contribution in [0.25, 0.3) is 0 Å². The molecule has 8 heteroatoms. The Bertz CT molecular complexity index is 828. The fourth-order valence-corrected chi connectivity index (χ4v) is 3.74. The van der Waals surface area contributed by atoms with Gasteiger partial charge in [0.1, 0.15) is 5.82 Å².